The standard InChI is InChI=1S/C68H91N25O8.C2HF3O2/c69-45(17-9-25-79-65(71)72)58(95)91-54(30-38-34-84-47-19-6-2-14-42(38)47)62(99)88-51(23-11-27-81-67(75)76)60(97)93-56(32-40-36-86-49-21-8-4-16-44(40)49)64(101)89-52(24-12-28-82-68(77)78)61(98)92-55(31-39-35-85-48-20-7-3-15-43(39)48)63(100)87-50(22-10-26-80-66(73)74)59(96)90-53(57(70)94)29-37-33-83-46-18-5-1-13-41(37)46;3-2(4,5)1(6)7/h1-8,13-16,18-21,33-36,45,50-56,83-86H,9-12,17,22-32,69H2,(H2,70,94)(H,87,100)(H,88,99)(H,89,101)(H,90,96)(H,91,95)(H,92,98)(H,93,97)(H4,71,72,79)(H4,73,74,80)(H4,75,76,81)(H4,77,78,82);(H,6,7)/t45-,50-,51-,52-,53-,54-,55-,56-;/m0./s1. The number of nitrogens with two attached hydrogens (primary N) is 6. The molecular formula is C70H92F3N25O10. The number of H-pyrrole nitrogens is 4. The second kappa shape index (κ2) is 39.8. The molecule has 0 saturated carbocycles. The summed E-state index contributed by atoms with van der Waals surface area (Å²) in [4.78, 5) is 139. The Labute approximate surface area is 616 Å². The van der Waals surface area contributed by atoms with Crippen LogP contribution in [0.1, 0.15) is 73.6 Å². The smallest absolute Gasteiger partial charge is 0.475 e. The third-order valence-electron chi connectivity index (χ3n) is 17.4. The number of alkyl halides is 3. The van der Waals surface area contributed by atoms with Crippen molar-refractivity contribution >= 4 is 121 Å². The van der Waals surface area contributed by atoms with Crippen LogP contribution in [-0.2, 0) is 68.8 Å². The van der Waals surface area contributed by atoms with Gasteiger partial charge in [-0.25, -0.2) is 4.79 Å². The largest absolute Gasteiger partial charge is 0.490 e. The molecule has 108 heavy (non-hydrogen) atoms. The van der Waals surface area contributed by atoms with E-state index in [0.29, 0.717) is 50.5 Å². The number of hydrogen-bond acceptors (Lipinski definition) is 14. The summed E-state index contributed by atoms with van der Waals surface area (Å²) in [5.41, 5.74) is 40.0. The highest BCUT2D eigenvalue weighted by molar-refractivity contribution is 5.99. The summed E-state index contributed by atoms with van der Waals surface area (Å²) in [5.74, 6) is -10.6. The molecule has 4 aromatic carbocycles. The monoisotopic (exact) mass is 1500 g/mol. The maximum absolute atomic E-state index is 15.4. The molecule has 8 aromatic rings. The molecule has 0 radical (unpaired) electrons. The number of amides is 8. The summed E-state index contributed by atoms with van der Waals surface area (Å²) >= 11 is 0. The lowest BCUT2D eigenvalue weighted by Crippen LogP contribution is -2.61. The first-order valence-corrected chi connectivity index (χ1v) is 34.4. The van der Waals surface area contributed by atoms with Crippen LogP contribution >= 0.6 is 0 Å². The molecule has 8 atom stereocenters. The van der Waals surface area contributed by atoms with Crippen LogP contribution in [0.25, 0.3) is 43.6 Å². The van der Waals surface area contributed by atoms with E-state index in [1.54, 1.807) is 36.9 Å². The van der Waals surface area contributed by atoms with Gasteiger partial charge >= 0.3 is 12.1 Å². The van der Waals surface area contributed by atoms with E-state index in [1.807, 2.05) is 84.9 Å². The summed E-state index contributed by atoms with van der Waals surface area (Å²) in [6, 6.07) is 18.2. The van der Waals surface area contributed by atoms with Gasteiger partial charge in [0.1, 0.15) is 42.3 Å². The van der Waals surface area contributed by atoms with Crippen molar-refractivity contribution in [2.24, 2.45) is 34.4 Å². The quantitative estimate of drug-likeness (QED) is 0.0134. The Morgan fingerprint density at radius 2 is 0.583 bits per heavy atom. The fraction of sp³-hybridized carbons (Fsp3) is 0.357. The Hall–Kier alpha value is -12.9. The number of hydrogen-bond donors (Lipinski definition) is 26. The number of carboxylic acids is 1. The summed E-state index contributed by atoms with van der Waals surface area (Å²) in [7, 11) is 0. The molecule has 0 aliphatic rings. The number of rotatable bonds is 39. The summed E-state index contributed by atoms with van der Waals surface area (Å²) in [5, 5.41) is 71.3. The highest BCUT2D eigenvalue weighted by atomic mass is 19.4. The minimum Gasteiger partial charge on any atom is -0.475 e. The lowest BCUT2D eigenvalue weighted by atomic mass is 10.0. The number of fused-ring (bicyclic) bond motifs is 4. The van der Waals surface area contributed by atoms with E-state index >= 15 is 19.2 Å². The highest BCUT2D eigenvalue weighted by Crippen LogP contribution is 2.24. The van der Waals surface area contributed by atoms with Crippen LogP contribution in [0.4, 0.5) is 13.2 Å². The third-order valence-corrected chi connectivity index (χ3v) is 17.4. The molecule has 35 nitrogen and oxygen atoms in total. The molecule has 4 heterocycles. The molecule has 38 heteroatoms. The zero-order chi connectivity index (χ0) is 78.6. The van der Waals surface area contributed by atoms with Gasteiger partial charge in [-0.3, -0.25) is 60.0 Å². The van der Waals surface area contributed by atoms with E-state index in [0.717, 1.165) is 21.8 Å². The number of halogens is 3. The third kappa shape index (κ3) is 25.2. The molecule has 8 rings (SSSR count). The Kier molecular flexibility index (Phi) is 30.4. The van der Waals surface area contributed by atoms with Crippen molar-refractivity contribution in [3.05, 3.63) is 144 Å². The molecule has 0 saturated heterocycles. The van der Waals surface area contributed by atoms with Gasteiger partial charge in [-0.05, 0) is 97.9 Å². The van der Waals surface area contributed by atoms with E-state index in [9.17, 15) is 32.3 Å². The van der Waals surface area contributed by atoms with Gasteiger partial charge < -0.3 is 118 Å². The van der Waals surface area contributed by atoms with Crippen molar-refractivity contribution in [2.45, 2.75) is 132 Å². The molecule has 32 N–H and O–H groups in total. The van der Waals surface area contributed by atoms with Crippen molar-refractivity contribution in [2.75, 3.05) is 26.2 Å². The fourth-order valence-electron chi connectivity index (χ4n) is 11.9. The SMILES string of the molecule is N=C(N)NCCC[C@H](NC(=O)[C@H](Cc1c[nH]c2ccccc12)NC(=O)[C@H](CCCNC(=N)N)NC(=O)[C@H](Cc1c[nH]c2ccccc12)NC(=O)[C@H](CCCNC(=N)N)NC(=O)[C@H](Cc1c[nH]c2ccccc12)NC(=O)[C@@H](N)CCCNC(=N)N)C(=O)N[C@@H](Cc1c[nH]c2ccccc12)C(N)=O.O=C(O)C(F)(F)F. The molecule has 8 amide bonds. The Morgan fingerprint density at radius 1 is 0.361 bits per heavy atom. The molecule has 578 valence electrons. The van der Waals surface area contributed by atoms with Crippen LogP contribution in [0.15, 0.2) is 122 Å². The van der Waals surface area contributed by atoms with Gasteiger partial charge in [0.25, 0.3) is 0 Å². The average Bonchev–Trinajstić information content (AvgIpc) is 1.64. The van der Waals surface area contributed by atoms with Gasteiger partial charge in [-0.2, -0.15) is 13.2 Å². The number of nitrogens with one attached hydrogen (secondary N) is 19. The number of carboxylic acid groups (broad SMARTS) is 1. The van der Waals surface area contributed by atoms with Crippen LogP contribution in [0.5, 0.6) is 0 Å². The fourth-order valence-corrected chi connectivity index (χ4v) is 11.9. The molecule has 0 fully saturated rings. The Morgan fingerprint density at radius 3 is 0.843 bits per heavy atom. The first kappa shape index (κ1) is 82.4. The van der Waals surface area contributed by atoms with Gasteiger partial charge in [0, 0.05) is 120 Å². The summed E-state index contributed by atoms with van der Waals surface area (Å²) < 4.78 is 31.7. The number of carbonyl (C=O) groups excluding carboxylic acids is 8. The van der Waals surface area contributed by atoms with E-state index in [2.05, 4.69) is 78.4 Å². The molecule has 0 aliphatic carbocycles. The van der Waals surface area contributed by atoms with Crippen molar-refractivity contribution in [1.82, 2.24) is 78.4 Å². The Balaban J connectivity index is 0.00000221. The van der Waals surface area contributed by atoms with Crippen molar-refractivity contribution in [3.8, 4) is 0 Å². The van der Waals surface area contributed by atoms with Crippen LogP contribution in [0, 0.1) is 21.6 Å². The number of para-hydroxylation sites is 4. The number of aromatic nitrogens is 4. The zero-order valence-electron chi connectivity index (χ0n) is 58.7. The predicted molar refractivity (Wildman–Crippen MR) is 399 cm³/mol. The maximum atomic E-state index is 15.4. The second-order valence-electron chi connectivity index (χ2n) is 25.4. The van der Waals surface area contributed by atoms with Crippen molar-refractivity contribution in [3.63, 3.8) is 0 Å². The van der Waals surface area contributed by atoms with Crippen molar-refractivity contribution < 1.29 is 61.4 Å². The first-order chi connectivity index (χ1) is 51.4. The topological polar surface area (TPSA) is 621 Å². The number of primary amides is 1. The van der Waals surface area contributed by atoms with Gasteiger partial charge in [0.05, 0.1) is 6.04 Å². The number of guanidine groups is 4. The zero-order valence-corrected chi connectivity index (χ0v) is 58.7. The molecule has 4 aromatic heterocycles. The van der Waals surface area contributed by atoms with Crippen LogP contribution in [0.3, 0.4) is 0 Å². The van der Waals surface area contributed by atoms with Gasteiger partial charge in [0.2, 0.25) is 47.3 Å². The van der Waals surface area contributed by atoms with E-state index in [-0.39, 0.29) is 121 Å². The number of carbonyl (C=O) groups is 9. The lowest BCUT2D eigenvalue weighted by Gasteiger charge is -2.28. The maximum Gasteiger partial charge on any atom is 0.490 e. The number of benzene rings is 4. The van der Waals surface area contributed by atoms with E-state index < -0.39 is 108 Å². The van der Waals surface area contributed by atoms with Gasteiger partial charge in [0.15, 0.2) is 23.8 Å². The second-order valence-corrected chi connectivity index (χ2v) is 25.4. The average molecular weight is 1500 g/mol. The van der Waals surface area contributed by atoms with Crippen LogP contribution in [0.2, 0.25) is 0 Å². The minimum absolute atomic E-state index is 0.00903. The summed E-state index contributed by atoms with van der Waals surface area (Å²) in [6.45, 7) is 0.507. The molecule has 0 bridgehead atoms. The number of aromatic amines is 4. The lowest BCUT2D eigenvalue weighted by molar-refractivity contribution is -0.192. The Bertz CT molecular complexity index is 4500. The normalized spacial score (nSPS) is 13.4. The van der Waals surface area contributed by atoms with Crippen LogP contribution in [-0.4, -0.2) is 183 Å². The number of aliphatic carboxylic acids is 1. The first-order valence-electron chi connectivity index (χ1n) is 34.4. The highest BCUT2D eigenvalue weighted by Gasteiger charge is 2.39. The predicted octanol–water partition coefficient (Wildman–Crippen LogP) is -0.225. The minimum atomic E-state index is -5.08. The molecule has 0 spiro atoms. The molecule has 0 unspecified atom stereocenters. The van der Waals surface area contributed by atoms with Crippen LogP contribution < -0.4 is 92.9 Å². The molecular weight excluding hydrogens is 1410 g/mol. The summed E-state index contributed by atoms with van der Waals surface area (Å²) in [6.07, 6.45) is 1.85. The van der Waals surface area contributed by atoms with E-state index in [4.69, 9.17) is 65.9 Å². The van der Waals surface area contributed by atoms with Gasteiger partial charge in [-0.1, -0.05) is 72.8 Å². The van der Waals surface area contributed by atoms with Crippen molar-refractivity contribution in [1.29, 1.82) is 21.6 Å². The van der Waals surface area contributed by atoms with Gasteiger partial charge in [-0.15, -0.1) is 0 Å². The van der Waals surface area contributed by atoms with E-state index in [1.165, 1.54) is 0 Å². The molecule has 0 aliphatic heterocycles.